The molecule has 0 spiro atoms. The zero-order chi connectivity index (χ0) is 29.5. The summed E-state index contributed by atoms with van der Waals surface area (Å²) in [5.74, 6) is 2.08. The first kappa shape index (κ1) is 29.9. The number of pyridine rings is 1. The van der Waals surface area contributed by atoms with Crippen molar-refractivity contribution >= 4 is 29.2 Å². The number of para-hydroxylation sites is 1. The van der Waals surface area contributed by atoms with Gasteiger partial charge in [-0.2, -0.15) is 4.31 Å². The van der Waals surface area contributed by atoms with Crippen molar-refractivity contribution in [3.05, 3.63) is 71.9 Å². The largest absolute Gasteiger partial charge is 0.409 e. The molecule has 7 rings (SSSR count). The minimum atomic E-state index is -3.40. The number of rotatable bonds is 9. The Morgan fingerprint density at radius 1 is 0.952 bits per heavy atom. The highest BCUT2D eigenvalue weighted by molar-refractivity contribution is 7.89. The molecule has 226 valence electrons. The van der Waals surface area contributed by atoms with Gasteiger partial charge in [-0.05, 0) is 113 Å². The number of aryl methyl sites for hydroxylation is 1. The normalized spacial score (nSPS) is 26.5. The maximum absolute atomic E-state index is 13.2. The summed E-state index contributed by atoms with van der Waals surface area (Å²) < 4.78 is 35.0. The molecule has 1 unspecified atom stereocenters. The van der Waals surface area contributed by atoms with E-state index in [2.05, 4.69) is 59.9 Å². The van der Waals surface area contributed by atoms with Crippen LogP contribution in [0.15, 0.2) is 65.7 Å². The number of aromatic nitrogens is 1. The predicted octanol–water partition coefficient (Wildman–Crippen LogP) is 7.03. The Balaban J connectivity index is 1.08. The monoisotopic (exact) mass is 605 g/mol. The van der Waals surface area contributed by atoms with Gasteiger partial charge in [0, 0.05) is 37.3 Å². The summed E-state index contributed by atoms with van der Waals surface area (Å²) >= 11 is 0. The molecule has 2 bridgehead atoms. The summed E-state index contributed by atoms with van der Waals surface area (Å²) in [6.07, 6.45) is 8.91. The summed E-state index contributed by atoms with van der Waals surface area (Å²) in [5.41, 5.74) is 3.42. The zero-order valence-corrected chi connectivity index (χ0v) is 27.5. The lowest BCUT2D eigenvalue weighted by Crippen LogP contribution is -2.56. The van der Waals surface area contributed by atoms with E-state index in [1.54, 1.807) is 16.4 Å². The summed E-state index contributed by atoms with van der Waals surface area (Å²) in [6.45, 7) is 12.5. The van der Waals surface area contributed by atoms with Gasteiger partial charge in [0.15, 0.2) is 8.32 Å². The number of sulfonamides is 1. The Morgan fingerprint density at radius 3 is 2.38 bits per heavy atom. The topological polar surface area (TPSA) is 62.7 Å². The van der Waals surface area contributed by atoms with Gasteiger partial charge in [-0.1, -0.05) is 42.3 Å². The lowest BCUT2D eigenvalue weighted by Gasteiger charge is -2.53. The summed E-state index contributed by atoms with van der Waals surface area (Å²) in [5, 5.41) is 1.22. The summed E-state index contributed by atoms with van der Waals surface area (Å²) in [4.78, 5) is 7.80. The molecule has 4 aliphatic rings. The molecule has 0 amide bonds. The molecular formula is C34H47N3O3SSi. The Bertz CT molecular complexity index is 1480. The Hall–Kier alpha value is -2.10. The molecular weight excluding hydrogens is 559 g/mol. The van der Waals surface area contributed by atoms with Crippen molar-refractivity contribution in [1.82, 2.24) is 14.2 Å². The van der Waals surface area contributed by atoms with Crippen LogP contribution in [0.3, 0.4) is 0 Å². The number of piperidine rings is 4. The van der Waals surface area contributed by atoms with Crippen molar-refractivity contribution in [3.8, 4) is 0 Å². The van der Waals surface area contributed by atoms with Gasteiger partial charge in [0.05, 0.1) is 16.5 Å². The highest BCUT2D eigenvalue weighted by Crippen LogP contribution is 2.45. The maximum Gasteiger partial charge on any atom is 0.243 e. The van der Waals surface area contributed by atoms with E-state index < -0.39 is 18.3 Å². The Labute approximate surface area is 253 Å². The van der Waals surface area contributed by atoms with Crippen molar-refractivity contribution in [1.29, 1.82) is 0 Å². The molecule has 0 N–H and O–H groups in total. The third-order valence-corrected chi connectivity index (χ3v) is 12.8. The minimum Gasteiger partial charge on any atom is -0.409 e. The molecule has 2 aromatic carbocycles. The number of hydrogen-bond donors (Lipinski definition) is 0. The second-order valence-electron chi connectivity index (χ2n) is 13.9. The van der Waals surface area contributed by atoms with Gasteiger partial charge in [0.25, 0.3) is 0 Å². The van der Waals surface area contributed by atoms with Crippen LogP contribution in [0.5, 0.6) is 0 Å². The van der Waals surface area contributed by atoms with Gasteiger partial charge in [-0.25, -0.2) is 8.42 Å². The van der Waals surface area contributed by atoms with E-state index in [1.807, 2.05) is 25.3 Å². The first-order valence-corrected chi connectivity index (χ1v) is 20.8. The van der Waals surface area contributed by atoms with Crippen molar-refractivity contribution in [3.63, 3.8) is 0 Å². The molecule has 4 fully saturated rings. The lowest BCUT2D eigenvalue weighted by atomic mass is 9.71. The van der Waals surface area contributed by atoms with Crippen molar-refractivity contribution in [2.24, 2.45) is 17.8 Å². The van der Waals surface area contributed by atoms with Gasteiger partial charge in [-0.3, -0.25) is 9.88 Å². The smallest absolute Gasteiger partial charge is 0.243 e. The fourth-order valence-corrected chi connectivity index (χ4v) is 10.2. The first-order chi connectivity index (χ1) is 20.1. The molecule has 3 aromatic rings. The van der Waals surface area contributed by atoms with Gasteiger partial charge < -0.3 is 4.43 Å². The second-order valence-corrected chi connectivity index (χ2v) is 20.3. The molecule has 1 aromatic heterocycles. The summed E-state index contributed by atoms with van der Waals surface area (Å²) in [7, 11) is -5.19. The molecule has 5 heterocycles. The highest BCUT2D eigenvalue weighted by Gasteiger charge is 2.45. The molecule has 0 aliphatic carbocycles. The molecule has 8 heteroatoms. The van der Waals surface area contributed by atoms with Gasteiger partial charge >= 0.3 is 0 Å². The number of fused-ring (bicyclic) bond motifs is 4. The van der Waals surface area contributed by atoms with E-state index in [0.29, 0.717) is 29.9 Å². The van der Waals surface area contributed by atoms with Crippen LogP contribution in [0, 0.1) is 24.7 Å². The van der Waals surface area contributed by atoms with Crippen LogP contribution in [-0.4, -0.2) is 63.1 Å². The van der Waals surface area contributed by atoms with E-state index in [4.69, 9.17) is 4.43 Å². The molecule has 0 radical (unpaired) electrons. The van der Waals surface area contributed by atoms with Crippen LogP contribution >= 0.6 is 0 Å². The van der Waals surface area contributed by atoms with Crippen LogP contribution in [0.4, 0.5) is 0 Å². The minimum absolute atomic E-state index is 0.0770. The lowest BCUT2D eigenvalue weighted by molar-refractivity contribution is -0.0532. The Kier molecular flexibility index (Phi) is 8.64. The number of hydrogen-bond acceptors (Lipinski definition) is 5. The van der Waals surface area contributed by atoms with E-state index in [1.165, 1.54) is 36.6 Å². The predicted molar refractivity (Wildman–Crippen MR) is 172 cm³/mol. The van der Waals surface area contributed by atoms with Crippen LogP contribution in [0.2, 0.25) is 19.6 Å². The van der Waals surface area contributed by atoms with Gasteiger partial charge in [0.1, 0.15) is 0 Å². The zero-order valence-electron chi connectivity index (χ0n) is 25.7. The summed E-state index contributed by atoms with van der Waals surface area (Å²) in [6, 6.07) is 18.4. The molecule has 4 aliphatic heterocycles. The third-order valence-electron chi connectivity index (χ3n) is 9.93. The van der Waals surface area contributed by atoms with Crippen molar-refractivity contribution in [2.45, 2.75) is 82.1 Å². The average molecular weight is 606 g/mol. The van der Waals surface area contributed by atoms with E-state index in [0.717, 1.165) is 48.8 Å². The molecule has 0 saturated carbocycles. The molecule has 6 nitrogen and oxygen atoms in total. The van der Waals surface area contributed by atoms with E-state index >= 15 is 0 Å². The SMILES string of the molecule is Cc1ccc(S(=O)(=O)N2CCC(CC[C@H]3CN4CC[C@H]3C[C@H]4[C@H](O[Si](C)(C)C)c3ccnc4ccccc34)CC2)cc1. The van der Waals surface area contributed by atoms with Crippen LogP contribution in [-0.2, 0) is 14.4 Å². The van der Waals surface area contributed by atoms with Crippen LogP contribution in [0.25, 0.3) is 10.9 Å². The standard InChI is InChI=1S/C34H47N3O3SSi/c1-25-9-13-29(14-10-25)41(38,39)37-21-16-26(17-22-37)11-12-28-24-36-20-18-27(28)23-33(36)34(40-42(2,3)4)31-15-19-35-32-8-6-5-7-30(31)32/h5-10,13-15,19,26-28,33-34H,11-12,16-18,20-24H2,1-4H3/t27-,28-,33-,34+/m0/s1. The Morgan fingerprint density at radius 2 is 1.69 bits per heavy atom. The molecule has 5 atom stereocenters. The molecule has 42 heavy (non-hydrogen) atoms. The number of benzene rings is 2. The van der Waals surface area contributed by atoms with E-state index in [9.17, 15) is 8.42 Å². The maximum atomic E-state index is 13.2. The quantitative estimate of drug-likeness (QED) is 0.245. The van der Waals surface area contributed by atoms with Gasteiger partial charge in [0.2, 0.25) is 10.0 Å². The van der Waals surface area contributed by atoms with Crippen LogP contribution < -0.4 is 0 Å². The van der Waals surface area contributed by atoms with Crippen LogP contribution in [0.1, 0.15) is 55.8 Å². The van der Waals surface area contributed by atoms with Gasteiger partial charge in [-0.15, -0.1) is 0 Å². The fraction of sp³-hybridized carbons (Fsp3) is 0.559. The third kappa shape index (κ3) is 6.38. The average Bonchev–Trinajstić information content (AvgIpc) is 2.99. The first-order valence-electron chi connectivity index (χ1n) is 15.9. The van der Waals surface area contributed by atoms with Crippen molar-refractivity contribution in [2.75, 3.05) is 26.2 Å². The number of nitrogens with zero attached hydrogens (tertiary/aromatic N) is 3. The van der Waals surface area contributed by atoms with E-state index in [-0.39, 0.29) is 6.10 Å². The molecule has 4 saturated heterocycles. The fourth-order valence-electron chi connectivity index (χ4n) is 7.67. The van der Waals surface area contributed by atoms with Crippen molar-refractivity contribution < 1.29 is 12.8 Å². The second kappa shape index (κ2) is 12.1. The highest BCUT2D eigenvalue weighted by atomic mass is 32.2.